The average Bonchev–Trinajstić information content (AvgIpc) is 2.64. The first-order valence-corrected chi connectivity index (χ1v) is 10.3. The van der Waals surface area contributed by atoms with Gasteiger partial charge in [0, 0.05) is 0 Å². The van der Waals surface area contributed by atoms with Gasteiger partial charge in [-0.25, -0.2) is 13.8 Å². The Bertz CT molecular complexity index is 971. The molecule has 1 N–H and O–H groups in total. The van der Waals surface area contributed by atoms with Crippen LogP contribution in [-0.2, 0) is 14.8 Å². The topological polar surface area (TPSA) is 88.1 Å². The molecule has 0 saturated carbocycles. The van der Waals surface area contributed by atoms with Crippen LogP contribution in [-0.4, -0.2) is 39.9 Å². The quantitative estimate of drug-likeness (QED) is 0.397. The summed E-state index contributed by atoms with van der Waals surface area (Å²) >= 11 is 0. The van der Waals surface area contributed by atoms with Crippen LogP contribution in [0, 0.1) is 6.92 Å². The van der Waals surface area contributed by atoms with E-state index in [1.54, 1.807) is 48.5 Å². The fraction of sp³-hybridized carbons (Fsp3) is 0.200. The van der Waals surface area contributed by atoms with Crippen molar-refractivity contribution in [3.63, 3.8) is 0 Å². The number of hydrogen-bond acceptors (Lipinski definition) is 5. The number of ether oxygens (including phenoxy) is 1. The lowest BCUT2D eigenvalue weighted by Gasteiger charge is -2.21. The van der Waals surface area contributed by atoms with Crippen molar-refractivity contribution in [2.45, 2.75) is 6.92 Å². The van der Waals surface area contributed by atoms with E-state index in [0.717, 1.165) is 21.7 Å². The minimum atomic E-state index is -3.63. The van der Waals surface area contributed by atoms with Gasteiger partial charge in [-0.1, -0.05) is 36.9 Å². The number of carbonyl (C=O) groups excluding carboxylic acids is 1. The number of sulfonamides is 1. The average molecular weight is 401 g/mol. The molecule has 28 heavy (non-hydrogen) atoms. The van der Waals surface area contributed by atoms with Gasteiger partial charge < -0.3 is 4.74 Å². The molecule has 8 heteroatoms. The van der Waals surface area contributed by atoms with Gasteiger partial charge in [-0.2, -0.15) is 5.10 Å². The molecule has 0 aliphatic rings. The third-order valence-corrected chi connectivity index (χ3v) is 4.75. The summed E-state index contributed by atoms with van der Waals surface area (Å²) in [4.78, 5) is 12.2. The van der Waals surface area contributed by atoms with Crippen LogP contribution in [0.5, 0.6) is 5.75 Å². The first kappa shape index (κ1) is 21.2. The Morgan fingerprint density at radius 1 is 1.25 bits per heavy atom. The minimum Gasteiger partial charge on any atom is -0.490 e. The monoisotopic (exact) mass is 401 g/mol. The molecule has 0 aliphatic carbocycles. The number of hydrogen-bond donors (Lipinski definition) is 1. The van der Waals surface area contributed by atoms with E-state index >= 15 is 0 Å². The van der Waals surface area contributed by atoms with Crippen LogP contribution in [0.3, 0.4) is 0 Å². The molecule has 0 aliphatic heterocycles. The highest BCUT2D eigenvalue weighted by atomic mass is 32.2. The van der Waals surface area contributed by atoms with Crippen molar-refractivity contribution in [1.82, 2.24) is 5.43 Å². The number of amides is 1. The van der Waals surface area contributed by atoms with E-state index in [2.05, 4.69) is 17.1 Å². The van der Waals surface area contributed by atoms with Crippen LogP contribution in [0.1, 0.15) is 11.1 Å². The fourth-order valence-electron chi connectivity index (χ4n) is 2.37. The van der Waals surface area contributed by atoms with Crippen LogP contribution < -0.4 is 14.5 Å². The number of aryl methyl sites for hydroxylation is 1. The van der Waals surface area contributed by atoms with Crippen molar-refractivity contribution >= 4 is 27.8 Å². The fourth-order valence-corrected chi connectivity index (χ4v) is 3.22. The van der Waals surface area contributed by atoms with E-state index < -0.39 is 15.9 Å². The molecular formula is C20H23N3O4S. The Labute approximate surface area is 165 Å². The predicted octanol–water partition coefficient (Wildman–Crippen LogP) is 2.48. The second-order valence-electron chi connectivity index (χ2n) is 6.07. The summed E-state index contributed by atoms with van der Waals surface area (Å²) in [5.41, 5.74) is 4.39. The van der Waals surface area contributed by atoms with Crippen LogP contribution in [0.2, 0.25) is 0 Å². The molecule has 0 spiro atoms. The highest BCUT2D eigenvalue weighted by molar-refractivity contribution is 7.92. The second-order valence-corrected chi connectivity index (χ2v) is 7.98. The van der Waals surface area contributed by atoms with E-state index in [9.17, 15) is 13.2 Å². The summed E-state index contributed by atoms with van der Waals surface area (Å²) < 4.78 is 30.6. The van der Waals surface area contributed by atoms with Crippen molar-refractivity contribution in [2.75, 3.05) is 23.7 Å². The summed E-state index contributed by atoms with van der Waals surface area (Å²) in [5.74, 6) is 0.0973. The molecule has 2 rings (SSSR count). The predicted molar refractivity (Wildman–Crippen MR) is 111 cm³/mol. The summed E-state index contributed by atoms with van der Waals surface area (Å²) in [5, 5.41) is 3.89. The molecule has 2 aromatic carbocycles. The zero-order valence-electron chi connectivity index (χ0n) is 15.8. The van der Waals surface area contributed by atoms with Crippen molar-refractivity contribution in [1.29, 1.82) is 0 Å². The van der Waals surface area contributed by atoms with Crippen LogP contribution in [0.25, 0.3) is 0 Å². The number of carbonyl (C=O) groups is 1. The minimum absolute atomic E-state index is 0.373. The summed E-state index contributed by atoms with van der Waals surface area (Å²) in [6, 6.07) is 14.1. The van der Waals surface area contributed by atoms with Crippen LogP contribution in [0.15, 0.2) is 66.3 Å². The number of rotatable bonds is 9. The number of hydrazone groups is 1. The van der Waals surface area contributed by atoms with Gasteiger partial charge in [0.1, 0.15) is 18.9 Å². The molecule has 2 aromatic rings. The molecular weight excluding hydrogens is 378 g/mol. The SMILES string of the molecule is C=CCOc1cccc(/C=N\NC(=O)CN(c2cccc(C)c2)S(C)(=O)=O)c1. The molecule has 0 fully saturated rings. The first-order valence-electron chi connectivity index (χ1n) is 8.49. The van der Waals surface area contributed by atoms with Gasteiger partial charge in [0.15, 0.2) is 0 Å². The van der Waals surface area contributed by atoms with Crippen molar-refractivity contribution in [2.24, 2.45) is 5.10 Å². The van der Waals surface area contributed by atoms with Gasteiger partial charge in [0.05, 0.1) is 18.2 Å². The van der Waals surface area contributed by atoms with Gasteiger partial charge in [-0.3, -0.25) is 9.10 Å². The lowest BCUT2D eigenvalue weighted by Crippen LogP contribution is -2.39. The Balaban J connectivity index is 2.03. The maximum absolute atomic E-state index is 12.2. The third kappa shape index (κ3) is 6.55. The number of nitrogens with one attached hydrogen (secondary N) is 1. The Morgan fingerprint density at radius 2 is 2.00 bits per heavy atom. The normalized spacial score (nSPS) is 11.2. The maximum atomic E-state index is 12.2. The van der Waals surface area contributed by atoms with Crippen molar-refractivity contribution < 1.29 is 17.9 Å². The highest BCUT2D eigenvalue weighted by Crippen LogP contribution is 2.18. The van der Waals surface area contributed by atoms with E-state index in [-0.39, 0.29) is 6.54 Å². The number of nitrogens with zero attached hydrogens (tertiary/aromatic N) is 2. The molecule has 1 amide bonds. The molecule has 7 nitrogen and oxygen atoms in total. The van der Waals surface area contributed by atoms with E-state index in [1.165, 1.54) is 6.21 Å². The van der Waals surface area contributed by atoms with E-state index in [1.807, 2.05) is 13.0 Å². The lowest BCUT2D eigenvalue weighted by atomic mass is 10.2. The van der Waals surface area contributed by atoms with Crippen LogP contribution >= 0.6 is 0 Å². The van der Waals surface area contributed by atoms with E-state index in [4.69, 9.17) is 4.74 Å². The van der Waals surface area contributed by atoms with Gasteiger partial charge in [-0.15, -0.1) is 0 Å². The summed E-state index contributed by atoms with van der Waals surface area (Å²) in [6.45, 7) is 5.45. The third-order valence-electron chi connectivity index (χ3n) is 3.61. The zero-order valence-corrected chi connectivity index (χ0v) is 16.6. The molecule has 0 radical (unpaired) electrons. The second kappa shape index (κ2) is 9.70. The maximum Gasteiger partial charge on any atom is 0.260 e. The highest BCUT2D eigenvalue weighted by Gasteiger charge is 2.20. The largest absolute Gasteiger partial charge is 0.490 e. The van der Waals surface area contributed by atoms with Crippen molar-refractivity contribution in [3.8, 4) is 5.75 Å². The van der Waals surface area contributed by atoms with E-state index in [0.29, 0.717) is 18.0 Å². The Hall–Kier alpha value is -3.13. The Kier molecular flexibility index (Phi) is 7.34. The summed E-state index contributed by atoms with van der Waals surface area (Å²) in [7, 11) is -3.63. The first-order chi connectivity index (χ1) is 13.3. The lowest BCUT2D eigenvalue weighted by molar-refractivity contribution is -0.119. The van der Waals surface area contributed by atoms with Crippen LogP contribution in [0.4, 0.5) is 5.69 Å². The van der Waals surface area contributed by atoms with Crippen molar-refractivity contribution in [3.05, 3.63) is 72.3 Å². The number of benzene rings is 2. The standard InChI is InChI=1S/C20H23N3O4S/c1-4-11-27-19-10-6-8-17(13-19)14-21-22-20(24)15-23(28(3,25)26)18-9-5-7-16(2)12-18/h4-10,12-14H,1,11,15H2,2-3H3,(H,22,24)/b21-14-. The molecule has 0 unspecified atom stereocenters. The smallest absolute Gasteiger partial charge is 0.260 e. The molecule has 0 aromatic heterocycles. The molecule has 0 atom stereocenters. The Morgan fingerprint density at radius 3 is 2.68 bits per heavy atom. The zero-order chi connectivity index (χ0) is 20.6. The molecule has 0 bridgehead atoms. The summed E-state index contributed by atoms with van der Waals surface area (Å²) in [6.07, 6.45) is 4.15. The van der Waals surface area contributed by atoms with Gasteiger partial charge >= 0.3 is 0 Å². The van der Waals surface area contributed by atoms with Gasteiger partial charge in [0.25, 0.3) is 5.91 Å². The number of anilines is 1. The van der Waals surface area contributed by atoms with Gasteiger partial charge in [-0.05, 0) is 42.3 Å². The molecule has 0 heterocycles. The molecule has 148 valence electrons. The van der Waals surface area contributed by atoms with Gasteiger partial charge in [0.2, 0.25) is 10.0 Å². The molecule has 0 saturated heterocycles.